The van der Waals surface area contributed by atoms with Crippen LogP contribution in [0.4, 0.5) is 5.69 Å². The van der Waals surface area contributed by atoms with E-state index in [2.05, 4.69) is 19.1 Å². The van der Waals surface area contributed by atoms with Crippen molar-refractivity contribution < 1.29 is 0 Å². The van der Waals surface area contributed by atoms with E-state index in [0.717, 1.165) is 18.0 Å². The number of hydrogen-bond acceptors (Lipinski definition) is 3. The van der Waals surface area contributed by atoms with Gasteiger partial charge in [-0.1, -0.05) is 12.1 Å². The highest BCUT2D eigenvalue weighted by Gasteiger charge is 2.28. The Balaban J connectivity index is 1.80. The molecule has 1 heterocycles. The summed E-state index contributed by atoms with van der Waals surface area (Å²) in [7, 11) is 0. The van der Waals surface area contributed by atoms with E-state index in [-0.39, 0.29) is 0 Å². The van der Waals surface area contributed by atoms with Crippen LogP contribution in [-0.4, -0.2) is 4.98 Å². The van der Waals surface area contributed by atoms with E-state index in [0.29, 0.717) is 0 Å². The van der Waals surface area contributed by atoms with Crippen molar-refractivity contribution in [3.05, 3.63) is 45.4 Å². The molecule has 3 rings (SSSR count). The van der Waals surface area contributed by atoms with Crippen molar-refractivity contribution in [2.24, 2.45) is 0 Å². The summed E-state index contributed by atoms with van der Waals surface area (Å²) >= 11 is 1.84. The number of rotatable bonds is 3. The number of benzene rings is 1. The van der Waals surface area contributed by atoms with E-state index in [9.17, 15) is 0 Å². The maximum atomic E-state index is 5.68. The van der Waals surface area contributed by atoms with E-state index in [1.807, 2.05) is 23.5 Å². The van der Waals surface area contributed by atoms with Gasteiger partial charge in [0.25, 0.3) is 0 Å². The first-order valence-electron chi connectivity index (χ1n) is 6.03. The van der Waals surface area contributed by atoms with Gasteiger partial charge in [-0.05, 0) is 37.5 Å². The molecule has 2 aromatic rings. The average Bonchev–Trinajstić information content (AvgIpc) is 3.08. The van der Waals surface area contributed by atoms with E-state index in [4.69, 9.17) is 10.7 Å². The minimum Gasteiger partial charge on any atom is -0.399 e. The third-order valence-corrected chi connectivity index (χ3v) is 4.16. The number of nitrogens with zero attached hydrogens (tertiary/aromatic N) is 1. The summed E-state index contributed by atoms with van der Waals surface area (Å²) in [5.74, 6) is 0.756. The van der Waals surface area contributed by atoms with Crippen LogP contribution in [0.1, 0.15) is 39.9 Å². The van der Waals surface area contributed by atoms with Crippen LogP contribution in [0.3, 0.4) is 0 Å². The molecule has 1 saturated carbocycles. The zero-order valence-electron chi connectivity index (χ0n) is 9.94. The molecule has 1 aliphatic carbocycles. The minimum atomic E-state index is 0.756. The second kappa shape index (κ2) is 4.15. The number of aromatic nitrogens is 1. The number of aryl methyl sites for hydroxylation is 1. The van der Waals surface area contributed by atoms with Crippen LogP contribution < -0.4 is 5.73 Å². The SMILES string of the molecule is Cc1sc(Cc2ccc(N)cc2)nc1C1CC1. The van der Waals surface area contributed by atoms with Crippen LogP contribution in [0.25, 0.3) is 0 Å². The van der Waals surface area contributed by atoms with Crippen LogP contribution in [0, 0.1) is 6.92 Å². The first-order valence-corrected chi connectivity index (χ1v) is 6.84. The molecule has 0 atom stereocenters. The summed E-state index contributed by atoms with van der Waals surface area (Å²) in [6, 6.07) is 8.08. The van der Waals surface area contributed by atoms with Gasteiger partial charge in [-0.15, -0.1) is 11.3 Å². The van der Waals surface area contributed by atoms with Crippen LogP contribution in [0.5, 0.6) is 0 Å². The number of thiazole rings is 1. The molecule has 2 N–H and O–H groups in total. The lowest BCUT2D eigenvalue weighted by molar-refractivity contribution is 0.995. The van der Waals surface area contributed by atoms with E-state index >= 15 is 0 Å². The van der Waals surface area contributed by atoms with E-state index in [1.165, 1.54) is 34.0 Å². The largest absolute Gasteiger partial charge is 0.399 e. The van der Waals surface area contributed by atoms with Gasteiger partial charge in [-0.25, -0.2) is 4.98 Å². The van der Waals surface area contributed by atoms with Crippen molar-refractivity contribution in [3.63, 3.8) is 0 Å². The number of nitrogen functional groups attached to an aromatic ring is 1. The summed E-state index contributed by atoms with van der Waals surface area (Å²) in [5, 5.41) is 1.23. The Labute approximate surface area is 106 Å². The zero-order valence-corrected chi connectivity index (χ0v) is 10.8. The van der Waals surface area contributed by atoms with Crippen LogP contribution in [0.15, 0.2) is 24.3 Å². The second-order valence-corrected chi connectivity index (χ2v) is 6.03. The first kappa shape index (κ1) is 10.8. The lowest BCUT2D eigenvalue weighted by Gasteiger charge is -1.98. The quantitative estimate of drug-likeness (QED) is 0.839. The molecule has 0 saturated heterocycles. The van der Waals surface area contributed by atoms with Crippen LogP contribution in [0.2, 0.25) is 0 Å². The normalized spacial score (nSPS) is 15.1. The third-order valence-electron chi connectivity index (χ3n) is 3.18. The highest BCUT2D eigenvalue weighted by Crippen LogP contribution is 2.42. The monoisotopic (exact) mass is 244 g/mol. The molecular weight excluding hydrogens is 228 g/mol. The molecule has 1 fully saturated rings. The van der Waals surface area contributed by atoms with Crippen molar-refractivity contribution in [2.45, 2.75) is 32.1 Å². The Kier molecular flexibility index (Phi) is 2.63. The summed E-state index contributed by atoms with van der Waals surface area (Å²) in [4.78, 5) is 6.18. The predicted molar refractivity (Wildman–Crippen MR) is 72.5 cm³/mol. The van der Waals surface area contributed by atoms with Crippen molar-refractivity contribution in [3.8, 4) is 0 Å². The Bertz CT molecular complexity index is 524. The number of anilines is 1. The average molecular weight is 244 g/mol. The molecule has 3 heteroatoms. The van der Waals surface area contributed by atoms with Crippen molar-refractivity contribution in [1.82, 2.24) is 4.98 Å². The molecule has 0 spiro atoms. The van der Waals surface area contributed by atoms with Gasteiger partial charge in [0.15, 0.2) is 0 Å². The maximum absolute atomic E-state index is 5.68. The molecule has 1 aromatic heterocycles. The molecule has 0 radical (unpaired) electrons. The van der Waals surface area contributed by atoms with Gasteiger partial charge in [-0.3, -0.25) is 0 Å². The molecular formula is C14H16N2S. The zero-order chi connectivity index (χ0) is 11.8. The first-order chi connectivity index (χ1) is 8.22. The lowest BCUT2D eigenvalue weighted by atomic mass is 10.1. The molecule has 2 nitrogen and oxygen atoms in total. The Morgan fingerprint density at radius 1 is 1.29 bits per heavy atom. The highest BCUT2D eigenvalue weighted by molar-refractivity contribution is 7.11. The Hall–Kier alpha value is -1.35. The van der Waals surface area contributed by atoms with Crippen LogP contribution >= 0.6 is 11.3 Å². The predicted octanol–water partition coefficient (Wildman–Crippen LogP) is 3.50. The van der Waals surface area contributed by atoms with Gasteiger partial charge in [0.1, 0.15) is 0 Å². The molecule has 17 heavy (non-hydrogen) atoms. The van der Waals surface area contributed by atoms with E-state index in [1.54, 1.807) is 0 Å². The van der Waals surface area contributed by atoms with Gasteiger partial charge >= 0.3 is 0 Å². The number of nitrogens with two attached hydrogens (primary N) is 1. The van der Waals surface area contributed by atoms with Gasteiger partial charge in [0.2, 0.25) is 0 Å². The standard InChI is InChI=1S/C14H16N2S/c1-9-14(11-4-5-11)16-13(17-9)8-10-2-6-12(15)7-3-10/h2-3,6-7,11H,4-5,8,15H2,1H3. The van der Waals surface area contributed by atoms with Crippen LogP contribution in [-0.2, 0) is 6.42 Å². The molecule has 0 bridgehead atoms. The van der Waals surface area contributed by atoms with Gasteiger partial charge < -0.3 is 5.73 Å². The van der Waals surface area contributed by atoms with Crippen molar-refractivity contribution in [2.75, 3.05) is 5.73 Å². The summed E-state index contributed by atoms with van der Waals surface area (Å²) in [6.07, 6.45) is 3.58. The fourth-order valence-electron chi connectivity index (χ4n) is 2.09. The lowest BCUT2D eigenvalue weighted by Crippen LogP contribution is -1.90. The topological polar surface area (TPSA) is 38.9 Å². The van der Waals surface area contributed by atoms with Gasteiger partial charge in [-0.2, -0.15) is 0 Å². The van der Waals surface area contributed by atoms with Crippen molar-refractivity contribution in [1.29, 1.82) is 0 Å². The highest BCUT2D eigenvalue weighted by atomic mass is 32.1. The summed E-state index contributed by atoms with van der Waals surface area (Å²) < 4.78 is 0. The molecule has 1 aromatic carbocycles. The second-order valence-electron chi connectivity index (χ2n) is 4.74. The van der Waals surface area contributed by atoms with Gasteiger partial charge in [0.05, 0.1) is 10.7 Å². The molecule has 0 unspecified atom stereocenters. The maximum Gasteiger partial charge on any atom is 0.0974 e. The van der Waals surface area contributed by atoms with E-state index < -0.39 is 0 Å². The molecule has 0 amide bonds. The minimum absolute atomic E-state index is 0.756. The molecule has 1 aliphatic rings. The number of hydrogen-bond donors (Lipinski definition) is 1. The Morgan fingerprint density at radius 2 is 2.00 bits per heavy atom. The fraction of sp³-hybridized carbons (Fsp3) is 0.357. The molecule has 88 valence electrons. The van der Waals surface area contributed by atoms with Gasteiger partial charge in [0, 0.05) is 22.9 Å². The fourth-order valence-corrected chi connectivity index (χ4v) is 3.14. The smallest absolute Gasteiger partial charge is 0.0974 e. The molecule has 0 aliphatic heterocycles. The summed E-state index contributed by atoms with van der Waals surface area (Å²) in [6.45, 7) is 2.19. The Morgan fingerprint density at radius 3 is 2.65 bits per heavy atom. The van der Waals surface area contributed by atoms with Crippen molar-refractivity contribution >= 4 is 17.0 Å². The third kappa shape index (κ3) is 2.34. The summed E-state index contributed by atoms with van der Waals surface area (Å²) in [5.41, 5.74) is 9.14.